The molecule has 0 bridgehead atoms. The van der Waals surface area contributed by atoms with Crippen molar-refractivity contribution in [3.05, 3.63) is 29.8 Å². The van der Waals surface area contributed by atoms with Crippen LogP contribution < -0.4 is 5.32 Å². The minimum Gasteiger partial charge on any atom is -0.449 e. The summed E-state index contributed by atoms with van der Waals surface area (Å²) in [6, 6.07) is 6.93. The van der Waals surface area contributed by atoms with E-state index in [4.69, 9.17) is 9.47 Å². The third kappa shape index (κ3) is 4.83. The van der Waals surface area contributed by atoms with Gasteiger partial charge in [0.25, 0.3) is 5.91 Å². The van der Waals surface area contributed by atoms with Crippen molar-refractivity contribution < 1.29 is 23.9 Å². The van der Waals surface area contributed by atoms with Crippen LogP contribution in [0, 0.1) is 5.92 Å². The fourth-order valence-electron chi connectivity index (χ4n) is 4.67. The van der Waals surface area contributed by atoms with Gasteiger partial charge in [0.15, 0.2) is 6.10 Å². The van der Waals surface area contributed by atoms with E-state index in [2.05, 4.69) is 5.32 Å². The van der Waals surface area contributed by atoms with Crippen molar-refractivity contribution in [2.24, 2.45) is 5.92 Å². The van der Waals surface area contributed by atoms with Gasteiger partial charge in [0.2, 0.25) is 5.91 Å². The molecule has 2 aliphatic heterocycles. The monoisotopic (exact) mass is 414 g/mol. The fraction of sp³-hybridized carbons (Fsp3) is 0.609. The van der Waals surface area contributed by atoms with Crippen LogP contribution in [0.1, 0.15) is 61.7 Å². The number of rotatable bonds is 5. The zero-order chi connectivity index (χ0) is 20.9. The molecule has 7 nitrogen and oxygen atoms in total. The fourth-order valence-corrected chi connectivity index (χ4v) is 4.67. The average molecular weight is 415 g/mol. The summed E-state index contributed by atoms with van der Waals surface area (Å²) in [6.45, 7) is 1.94. The first-order valence-corrected chi connectivity index (χ1v) is 11.1. The van der Waals surface area contributed by atoms with Crippen molar-refractivity contribution in [2.45, 2.75) is 63.5 Å². The molecule has 30 heavy (non-hydrogen) atoms. The van der Waals surface area contributed by atoms with Crippen LogP contribution in [0.15, 0.2) is 24.3 Å². The third-order valence-corrected chi connectivity index (χ3v) is 6.41. The lowest BCUT2D eigenvalue weighted by Crippen LogP contribution is -2.42. The quantitative estimate of drug-likeness (QED) is 0.748. The van der Waals surface area contributed by atoms with Gasteiger partial charge in [0.1, 0.15) is 0 Å². The van der Waals surface area contributed by atoms with Gasteiger partial charge in [0, 0.05) is 43.8 Å². The minimum atomic E-state index is -0.735. The highest BCUT2D eigenvalue weighted by Gasteiger charge is 2.38. The second-order valence-corrected chi connectivity index (χ2v) is 8.46. The summed E-state index contributed by atoms with van der Waals surface area (Å²) < 4.78 is 10.9. The molecular weight excluding hydrogens is 384 g/mol. The van der Waals surface area contributed by atoms with Crippen LogP contribution in [0.4, 0.5) is 5.69 Å². The lowest BCUT2D eigenvalue weighted by Gasteiger charge is -2.31. The number of carbonyl (C=O) groups is 3. The lowest BCUT2D eigenvalue weighted by atomic mass is 9.88. The van der Waals surface area contributed by atoms with Crippen molar-refractivity contribution in [3.8, 4) is 0 Å². The molecule has 1 saturated carbocycles. The Balaban J connectivity index is 1.34. The Bertz CT molecular complexity index is 784. The summed E-state index contributed by atoms with van der Waals surface area (Å²) in [5, 5.41) is 2.93. The van der Waals surface area contributed by atoms with Crippen molar-refractivity contribution in [3.63, 3.8) is 0 Å². The Labute approximate surface area is 177 Å². The number of benzene rings is 1. The van der Waals surface area contributed by atoms with Gasteiger partial charge in [-0.05, 0) is 43.9 Å². The molecule has 3 aliphatic rings. The number of hydrogen-bond donors (Lipinski definition) is 1. The molecule has 2 heterocycles. The smallest absolute Gasteiger partial charge is 0.338 e. The van der Waals surface area contributed by atoms with Gasteiger partial charge >= 0.3 is 5.97 Å². The summed E-state index contributed by atoms with van der Waals surface area (Å²) in [5.41, 5.74) is 0.926. The van der Waals surface area contributed by atoms with Crippen molar-refractivity contribution in [1.29, 1.82) is 0 Å². The highest BCUT2D eigenvalue weighted by atomic mass is 16.5. The molecule has 4 rings (SSSR count). The van der Waals surface area contributed by atoms with E-state index in [0.29, 0.717) is 37.4 Å². The molecule has 0 radical (unpaired) electrons. The Morgan fingerprint density at radius 1 is 1.03 bits per heavy atom. The number of nitrogens with zero attached hydrogens (tertiary/aromatic N) is 1. The summed E-state index contributed by atoms with van der Waals surface area (Å²) in [5.74, 6) is -0.590. The van der Waals surface area contributed by atoms with E-state index in [9.17, 15) is 14.4 Å². The van der Waals surface area contributed by atoms with E-state index in [0.717, 1.165) is 38.5 Å². The molecule has 162 valence electrons. The largest absolute Gasteiger partial charge is 0.449 e. The molecule has 0 spiro atoms. The lowest BCUT2D eigenvalue weighted by molar-refractivity contribution is -0.138. The van der Waals surface area contributed by atoms with Crippen molar-refractivity contribution >= 4 is 23.5 Å². The van der Waals surface area contributed by atoms with E-state index >= 15 is 0 Å². The van der Waals surface area contributed by atoms with Gasteiger partial charge in [-0.1, -0.05) is 25.3 Å². The zero-order valence-corrected chi connectivity index (χ0v) is 17.3. The average Bonchev–Trinajstić information content (AvgIpc) is 3.15. The molecule has 2 amide bonds. The molecule has 1 aromatic rings. The number of hydrogen-bond acceptors (Lipinski definition) is 5. The normalized spacial score (nSPS) is 23.4. The van der Waals surface area contributed by atoms with Gasteiger partial charge in [-0.15, -0.1) is 0 Å². The molecule has 1 N–H and O–H groups in total. The molecule has 1 aliphatic carbocycles. The third-order valence-electron chi connectivity index (χ3n) is 6.41. The van der Waals surface area contributed by atoms with Crippen LogP contribution in [0.3, 0.4) is 0 Å². The molecule has 2 saturated heterocycles. The number of esters is 1. The maximum absolute atomic E-state index is 12.7. The van der Waals surface area contributed by atoms with Crippen molar-refractivity contribution in [2.75, 3.05) is 25.1 Å². The maximum atomic E-state index is 12.7. The van der Waals surface area contributed by atoms with Crippen LogP contribution in [0.5, 0.6) is 0 Å². The Morgan fingerprint density at radius 3 is 2.57 bits per heavy atom. The first-order chi connectivity index (χ1) is 14.6. The van der Waals surface area contributed by atoms with E-state index < -0.39 is 12.1 Å². The SMILES string of the molecule is O=C(OC1CCN(C2CCOCC2)C1=O)c1cccc(NC(=O)C2CCCCC2)c1. The van der Waals surface area contributed by atoms with Gasteiger partial charge in [0.05, 0.1) is 5.56 Å². The highest BCUT2D eigenvalue weighted by Crippen LogP contribution is 2.26. The first kappa shape index (κ1) is 20.8. The number of ether oxygens (including phenoxy) is 2. The molecule has 1 aromatic carbocycles. The molecule has 1 atom stereocenters. The summed E-state index contributed by atoms with van der Waals surface area (Å²) in [4.78, 5) is 39.7. The Hall–Kier alpha value is -2.41. The summed E-state index contributed by atoms with van der Waals surface area (Å²) in [7, 11) is 0. The second-order valence-electron chi connectivity index (χ2n) is 8.46. The Kier molecular flexibility index (Phi) is 6.67. The van der Waals surface area contributed by atoms with Gasteiger partial charge < -0.3 is 19.7 Å². The maximum Gasteiger partial charge on any atom is 0.338 e. The van der Waals surface area contributed by atoms with E-state index in [1.54, 1.807) is 24.3 Å². The number of likely N-dealkylation sites (tertiary alicyclic amines) is 1. The number of amides is 2. The number of anilines is 1. The van der Waals surface area contributed by atoms with Gasteiger partial charge in [-0.3, -0.25) is 9.59 Å². The first-order valence-electron chi connectivity index (χ1n) is 11.1. The molecule has 7 heteroatoms. The van der Waals surface area contributed by atoms with E-state index in [1.807, 2.05) is 4.90 Å². The van der Waals surface area contributed by atoms with E-state index in [-0.39, 0.29) is 23.8 Å². The van der Waals surface area contributed by atoms with Crippen LogP contribution in [0.2, 0.25) is 0 Å². The van der Waals surface area contributed by atoms with Crippen LogP contribution in [0.25, 0.3) is 0 Å². The second kappa shape index (κ2) is 9.60. The summed E-state index contributed by atoms with van der Waals surface area (Å²) >= 11 is 0. The number of carbonyl (C=O) groups excluding carboxylic acids is 3. The predicted octanol–water partition coefficient (Wildman–Crippen LogP) is 3.14. The highest BCUT2D eigenvalue weighted by molar-refractivity contribution is 5.96. The number of nitrogens with one attached hydrogen (secondary N) is 1. The molecule has 0 aromatic heterocycles. The topological polar surface area (TPSA) is 84.9 Å². The predicted molar refractivity (Wildman–Crippen MR) is 111 cm³/mol. The standard InChI is InChI=1S/C23H30N2O5/c26-21(16-5-2-1-3-6-16)24-18-8-4-7-17(15-18)23(28)30-20-9-12-25(22(20)27)19-10-13-29-14-11-19/h4,7-8,15-16,19-20H,1-3,5-6,9-14H2,(H,24,26). The minimum absolute atomic E-state index is 0.0123. The molecular formula is C23H30N2O5. The van der Waals surface area contributed by atoms with Gasteiger partial charge in [-0.2, -0.15) is 0 Å². The van der Waals surface area contributed by atoms with E-state index in [1.165, 1.54) is 6.42 Å². The van der Waals surface area contributed by atoms with Gasteiger partial charge in [-0.25, -0.2) is 4.79 Å². The van der Waals surface area contributed by atoms with Crippen LogP contribution in [-0.4, -0.2) is 54.6 Å². The van der Waals surface area contributed by atoms with Crippen LogP contribution >= 0.6 is 0 Å². The van der Waals surface area contributed by atoms with Crippen molar-refractivity contribution in [1.82, 2.24) is 4.90 Å². The molecule has 3 fully saturated rings. The molecule has 1 unspecified atom stereocenters. The summed E-state index contributed by atoms with van der Waals surface area (Å²) in [6.07, 6.45) is 6.64. The zero-order valence-electron chi connectivity index (χ0n) is 17.3. The van der Waals surface area contributed by atoms with Crippen LogP contribution in [-0.2, 0) is 19.1 Å². The Morgan fingerprint density at radius 2 is 1.80 bits per heavy atom.